The average Bonchev–Trinajstić information content (AvgIpc) is 3.59. The minimum atomic E-state index is -1.91. The monoisotopic (exact) mass is 858 g/mol. The number of benzene rings is 4. The number of nitrogens with zero attached hydrogens (tertiary/aromatic N) is 5. The molecule has 16 nitrogen and oxygen atoms in total. The summed E-state index contributed by atoms with van der Waals surface area (Å²) in [6.45, 7) is 0. The van der Waals surface area contributed by atoms with Crippen molar-refractivity contribution in [2.75, 3.05) is 36.4 Å². The molecule has 4 aromatic rings. The number of rotatable bonds is 9. The molecule has 0 radical (unpaired) electrons. The zero-order valence-electron chi connectivity index (χ0n) is 31.8. The van der Waals surface area contributed by atoms with E-state index in [0.717, 1.165) is 23.2 Å². The number of imide groups is 2. The molecule has 2 aliphatic carbocycles. The van der Waals surface area contributed by atoms with Crippen molar-refractivity contribution in [1.82, 2.24) is 5.01 Å². The molecule has 19 heteroatoms. The topological polar surface area (TPSA) is 206 Å². The summed E-state index contributed by atoms with van der Waals surface area (Å²) in [5.41, 5.74) is -0.523. The van der Waals surface area contributed by atoms with Gasteiger partial charge in [-0.25, -0.2) is 9.29 Å². The van der Waals surface area contributed by atoms with Gasteiger partial charge in [0.05, 0.1) is 56.5 Å². The van der Waals surface area contributed by atoms with Crippen molar-refractivity contribution in [2.45, 2.75) is 24.2 Å². The number of halogens is 3. The highest BCUT2D eigenvalue weighted by atomic mass is 35.5. The van der Waals surface area contributed by atoms with Crippen LogP contribution < -0.4 is 20.0 Å². The van der Waals surface area contributed by atoms with Gasteiger partial charge in [-0.2, -0.15) is 5.01 Å². The minimum Gasteiger partial charge on any atom is -0.505 e. The summed E-state index contributed by atoms with van der Waals surface area (Å²) in [6.07, 6.45) is 1.33. The van der Waals surface area contributed by atoms with Crippen LogP contribution in [0.5, 0.6) is 11.5 Å². The minimum absolute atomic E-state index is 0.0723. The van der Waals surface area contributed by atoms with Gasteiger partial charge in [0, 0.05) is 42.7 Å². The number of fused-ring (bicyclic) bond motifs is 4. The molecule has 2 N–H and O–H groups in total. The van der Waals surface area contributed by atoms with E-state index in [9.17, 15) is 39.7 Å². The Bertz CT molecular complexity index is 2570. The molecule has 0 bridgehead atoms. The molecule has 6 atom stereocenters. The SMILES string of the molecule is COc1ccc([C@@]23C(=O)N(Nc4ccc(Cl)cc4Cl)C(=O)[C@@H]2C[C@@H]2C(=CC[C@@H]4C(=O)N(c5cc([N+](=O)[O-])c(N(C)C)c([N+](=O)[O-])c5)C(=O)[C@@H]42)[C@@H]3c2cccc(F)c2O)cc1. The molecule has 3 fully saturated rings. The maximum atomic E-state index is 15.5. The fourth-order valence-corrected chi connectivity index (χ4v) is 10.1. The van der Waals surface area contributed by atoms with Gasteiger partial charge in [0.2, 0.25) is 11.8 Å². The van der Waals surface area contributed by atoms with E-state index in [0.29, 0.717) is 21.8 Å². The molecule has 2 heterocycles. The zero-order chi connectivity index (χ0) is 43.1. The van der Waals surface area contributed by atoms with Crippen LogP contribution in [0, 0.1) is 49.7 Å². The van der Waals surface area contributed by atoms with Crippen molar-refractivity contribution in [3.05, 3.63) is 132 Å². The van der Waals surface area contributed by atoms with Crippen LogP contribution in [0.2, 0.25) is 10.0 Å². The number of carbonyl (C=O) groups excluding carboxylic acids is 4. The zero-order valence-corrected chi connectivity index (χ0v) is 33.3. The highest BCUT2D eigenvalue weighted by molar-refractivity contribution is 6.36. The van der Waals surface area contributed by atoms with E-state index in [4.69, 9.17) is 27.9 Å². The van der Waals surface area contributed by atoms with Crippen LogP contribution in [0.25, 0.3) is 0 Å². The first-order chi connectivity index (χ1) is 28.5. The average molecular weight is 860 g/mol. The third-order valence-corrected chi connectivity index (χ3v) is 12.6. The summed E-state index contributed by atoms with van der Waals surface area (Å²) in [5, 5.41) is 37.1. The van der Waals surface area contributed by atoms with Gasteiger partial charge in [-0.15, -0.1) is 0 Å². The van der Waals surface area contributed by atoms with Gasteiger partial charge in [0.15, 0.2) is 17.3 Å². The Hall–Kier alpha value is -6.59. The summed E-state index contributed by atoms with van der Waals surface area (Å²) in [6, 6.07) is 16.4. The Labute approximate surface area is 350 Å². The van der Waals surface area contributed by atoms with Crippen molar-refractivity contribution in [3.8, 4) is 11.5 Å². The number of carbonyl (C=O) groups is 4. The molecule has 60 heavy (non-hydrogen) atoms. The van der Waals surface area contributed by atoms with Crippen LogP contribution in [-0.2, 0) is 24.6 Å². The van der Waals surface area contributed by atoms with Gasteiger partial charge >= 0.3 is 11.4 Å². The van der Waals surface area contributed by atoms with Gasteiger partial charge in [0.25, 0.3) is 11.8 Å². The smallest absolute Gasteiger partial charge is 0.301 e. The highest BCUT2D eigenvalue weighted by Gasteiger charge is 2.71. The molecule has 4 amide bonds. The van der Waals surface area contributed by atoms with Crippen LogP contribution in [0.1, 0.15) is 29.9 Å². The standard InChI is InChI=1S/C41H33Cl2FN6O10/c1-46(2)35-31(49(56)57)16-21(17-32(35)50(58)59)47-37(52)24-13-12-23-26(33(24)39(47)54)18-27-38(53)48(45-30-14-9-20(42)15-28(30)43)40(55)41(27,19-7-10-22(60-3)11-8-19)34(23)25-5-4-6-29(44)36(25)51/h4-12,14-17,24,26-27,33-34,45,51H,13,18H2,1-3H3/t24-,26+,27-,33-,34+,41+/m0/s1. The molecule has 1 saturated carbocycles. The third-order valence-electron chi connectivity index (χ3n) is 12.1. The third kappa shape index (κ3) is 5.85. The fourth-order valence-electron chi connectivity index (χ4n) is 9.66. The number of phenols is 1. The van der Waals surface area contributed by atoms with E-state index in [1.54, 1.807) is 30.3 Å². The molecule has 8 rings (SSSR count). The normalized spacial score (nSPS) is 24.4. The largest absolute Gasteiger partial charge is 0.505 e. The Morgan fingerprint density at radius 1 is 0.917 bits per heavy atom. The number of aromatic hydroxyl groups is 1. The molecule has 4 aromatic carbocycles. The van der Waals surface area contributed by atoms with Gasteiger partial charge in [-0.05, 0) is 60.7 Å². The molecular weight excluding hydrogens is 826 g/mol. The van der Waals surface area contributed by atoms with Gasteiger partial charge < -0.3 is 14.7 Å². The predicted octanol–water partition coefficient (Wildman–Crippen LogP) is 6.92. The van der Waals surface area contributed by atoms with Crippen molar-refractivity contribution < 1.29 is 43.3 Å². The lowest BCUT2D eigenvalue weighted by Crippen LogP contribution is -2.53. The molecule has 308 valence electrons. The number of hydrogen-bond acceptors (Lipinski definition) is 12. The van der Waals surface area contributed by atoms with Crippen molar-refractivity contribution in [3.63, 3.8) is 0 Å². The number of methoxy groups -OCH3 is 1. The number of hydrazine groups is 1. The van der Waals surface area contributed by atoms with Crippen molar-refractivity contribution in [1.29, 1.82) is 0 Å². The lowest BCUT2D eigenvalue weighted by Gasteiger charge is -2.50. The van der Waals surface area contributed by atoms with Crippen LogP contribution in [-0.4, -0.2) is 64.8 Å². The van der Waals surface area contributed by atoms with Gasteiger partial charge in [0.1, 0.15) is 5.75 Å². The number of allylic oxidation sites excluding steroid dienone is 2. The van der Waals surface area contributed by atoms with Gasteiger partial charge in [-0.3, -0.25) is 44.8 Å². The second kappa shape index (κ2) is 14.6. The van der Waals surface area contributed by atoms with Crippen LogP contribution in [0.3, 0.4) is 0 Å². The summed E-state index contributed by atoms with van der Waals surface area (Å²) in [7, 11) is 4.20. The van der Waals surface area contributed by atoms with E-state index in [1.165, 1.54) is 56.4 Å². The van der Waals surface area contributed by atoms with E-state index >= 15 is 9.18 Å². The van der Waals surface area contributed by atoms with Crippen LogP contribution >= 0.6 is 23.2 Å². The number of anilines is 3. The van der Waals surface area contributed by atoms with Crippen molar-refractivity contribution >= 4 is 75.3 Å². The maximum absolute atomic E-state index is 15.5. The number of hydrogen-bond donors (Lipinski definition) is 2. The summed E-state index contributed by atoms with van der Waals surface area (Å²) < 4.78 is 20.9. The molecule has 0 spiro atoms. The number of phenolic OH excluding ortho intramolecular Hbond substituents is 1. The second-order valence-electron chi connectivity index (χ2n) is 15.1. The number of para-hydroxylation sites is 1. The number of nitrogens with one attached hydrogen (secondary N) is 1. The molecular formula is C41H33Cl2FN6O10. The first-order valence-corrected chi connectivity index (χ1v) is 19.2. The molecule has 2 saturated heterocycles. The number of nitro groups is 2. The molecule has 0 aromatic heterocycles. The lowest BCUT2D eigenvalue weighted by atomic mass is 9.49. The summed E-state index contributed by atoms with van der Waals surface area (Å²) in [4.78, 5) is 84.1. The van der Waals surface area contributed by atoms with E-state index < -0.39 is 97.1 Å². The number of ether oxygens (including phenoxy) is 1. The number of nitro benzene ring substituents is 2. The molecule has 2 aliphatic heterocycles. The molecule has 0 unspecified atom stereocenters. The van der Waals surface area contributed by atoms with Crippen LogP contribution in [0.4, 0.5) is 32.8 Å². The van der Waals surface area contributed by atoms with E-state index in [1.807, 2.05) is 0 Å². The molecule has 4 aliphatic rings. The Morgan fingerprint density at radius 3 is 2.18 bits per heavy atom. The maximum Gasteiger partial charge on any atom is 0.301 e. The summed E-state index contributed by atoms with van der Waals surface area (Å²) in [5.74, 6) is -10.6. The Morgan fingerprint density at radius 2 is 1.58 bits per heavy atom. The Balaban J connectivity index is 1.32. The van der Waals surface area contributed by atoms with Gasteiger partial charge in [-0.1, -0.05) is 59.1 Å². The van der Waals surface area contributed by atoms with Crippen molar-refractivity contribution in [2.24, 2.45) is 23.7 Å². The predicted molar refractivity (Wildman–Crippen MR) is 215 cm³/mol. The Kier molecular flexibility index (Phi) is 9.78. The second-order valence-corrected chi connectivity index (χ2v) is 16.0. The van der Waals surface area contributed by atoms with Crippen LogP contribution in [0.15, 0.2) is 84.4 Å². The first kappa shape index (κ1) is 40.2. The number of amides is 4. The first-order valence-electron chi connectivity index (χ1n) is 18.5. The van der Waals surface area contributed by atoms with E-state index in [2.05, 4.69) is 5.43 Å². The highest BCUT2D eigenvalue weighted by Crippen LogP contribution is 2.65. The quantitative estimate of drug-likeness (QED) is 0.0762. The lowest BCUT2D eigenvalue weighted by molar-refractivity contribution is -0.392. The summed E-state index contributed by atoms with van der Waals surface area (Å²) >= 11 is 12.6. The van der Waals surface area contributed by atoms with E-state index in [-0.39, 0.29) is 39.8 Å². The fraction of sp³-hybridized carbons (Fsp3) is 0.268.